The molecule has 0 heterocycles. The van der Waals surface area contributed by atoms with Gasteiger partial charge in [0, 0.05) is 32.7 Å². The Hall–Kier alpha value is 1.10. The average molecular weight is 599 g/mol. The molecule has 0 N–H and O–H groups in total. The number of hydrogen-bond acceptors (Lipinski definition) is 0. The fraction of sp³-hybridized carbons (Fsp3) is 0.973. The Morgan fingerprint density at radius 1 is 0.605 bits per heavy atom. The standard InChI is InChI=1S/C37H65.Y/c1-24-22-27-33(11)18-16-25(2)30(5,6)26(33)17-19-34(27,12)35(13)20-21-37(15)32(9,10)31(7,8)29(3,4)23-36(37,14)28(24)35;/h24-27H,16-23H2,1-15H3;/q-1;/t24?,25-,26?,27?,33-,34+,35+,36-,37-;/m0./s1. The normalized spacial score (nSPS) is 54.4. The molecule has 0 aromatic heterocycles. The fourth-order valence-corrected chi connectivity index (χ4v) is 13.8. The molecule has 0 amide bonds. The van der Waals surface area contributed by atoms with E-state index in [2.05, 4.69) is 104 Å². The van der Waals surface area contributed by atoms with E-state index in [-0.39, 0.29) is 38.1 Å². The van der Waals surface area contributed by atoms with Crippen molar-refractivity contribution >= 4 is 0 Å². The molecule has 5 fully saturated rings. The molecular formula is C37H65Y-. The predicted molar refractivity (Wildman–Crippen MR) is 161 cm³/mol. The van der Waals surface area contributed by atoms with Crippen molar-refractivity contribution in [1.29, 1.82) is 0 Å². The molecule has 1 heteroatoms. The van der Waals surface area contributed by atoms with Crippen LogP contribution in [-0.4, -0.2) is 0 Å². The van der Waals surface area contributed by atoms with Crippen LogP contribution >= 0.6 is 0 Å². The summed E-state index contributed by atoms with van der Waals surface area (Å²) in [5.41, 5.74) is 3.32. The first kappa shape index (κ1) is 32.0. The Morgan fingerprint density at radius 3 is 1.76 bits per heavy atom. The van der Waals surface area contributed by atoms with Crippen molar-refractivity contribution in [2.45, 2.75) is 155 Å². The van der Waals surface area contributed by atoms with Crippen LogP contribution in [0.5, 0.6) is 0 Å². The Balaban J connectivity index is 0.00000336. The molecule has 5 aliphatic carbocycles. The monoisotopic (exact) mass is 598 g/mol. The second kappa shape index (κ2) is 8.60. The van der Waals surface area contributed by atoms with Crippen LogP contribution in [0.25, 0.3) is 0 Å². The topological polar surface area (TPSA) is 0 Å². The van der Waals surface area contributed by atoms with Gasteiger partial charge in [-0.1, -0.05) is 135 Å². The van der Waals surface area contributed by atoms with E-state index < -0.39 is 0 Å². The van der Waals surface area contributed by atoms with Crippen molar-refractivity contribution < 1.29 is 32.7 Å². The SMILES string of the molecule is CC1CC2[C@@]3(C)CC[C@H](C)C(C)(C)C3CC[C@@]2(C)[C@]2(C)CC[C@@]3(C)C(C)(C)C(C)(C)C(C)(C)C[C@@]3(C)[C-]12.[Y]. The van der Waals surface area contributed by atoms with Crippen LogP contribution in [0, 0.1) is 78.3 Å². The Morgan fingerprint density at radius 2 is 1.18 bits per heavy atom. The number of fused-ring (bicyclic) bond motifs is 7. The fourth-order valence-electron chi connectivity index (χ4n) is 13.8. The molecule has 217 valence electrons. The third-order valence-electron chi connectivity index (χ3n) is 17.9. The van der Waals surface area contributed by atoms with E-state index in [1.807, 2.05) is 5.92 Å². The van der Waals surface area contributed by atoms with Gasteiger partial charge >= 0.3 is 0 Å². The van der Waals surface area contributed by atoms with Gasteiger partial charge in [-0.05, 0) is 75.9 Å². The van der Waals surface area contributed by atoms with E-state index in [1.54, 1.807) is 0 Å². The first-order valence-electron chi connectivity index (χ1n) is 16.4. The Labute approximate surface area is 264 Å². The van der Waals surface area contributed by atoms with Crippen LogP contribution in [0.15, 0.2) is 0 Å². The molecule has 38 heavy (non-hydrogen) atoms. The average Bonchev–Trinajstić information content (AvgIpc) is 2.74. The minimum atomic E-state index is 0. The minimum Gasteiger partial charge on any atom is -0.298 e. The van der Waals surface area contributed by atoms with Gasteiger partial charge in [0.2, 0.25) is 0 Å². The van der Waals surface area contributed by atoms with Crippen LogP contribution < -0.4 is 0 Å². The first-order chi connectivity index (χ1) is 16.5. The van der Waals surface area contributed by atoms with Gasteiger partial charge in [0.25, 0.3) is 0 Å². The maximum absolute atomic E-state index is 2.81. The third kappa shape index (κ3) is 3.30. The zero-order valence-corrected chi connectivity index (χ0v) is 31.4. The van der Waals surface area contributed by atoms with Crippen molar-refractivity contribution in [2.75, 3.05) is 0 Å². The first-order valence-corrected chi connectivity index (χ1v) is 16.4. The summed E-state index contributed by atoms with van der Waals surface area (Å²) in [5.74, 6) is 5.37. The second-order valence-corrected chi connectivity index (χ2v) is 19.2. The van der Waals surface area contributed by atoms with E-state index in [0.717, 1.165) is 23.7 Å². The van der Waals surface area contributed by atoms with E-state index in [9.17, 15) is 0 Å². The smallest absolute Gasteiger partial charge is 0 e. The Kier molecular flexibility index (Phi) is 7.25. The van der Waals surface area contributed by atoms with Crippen molar-refractivity contribution in [2.24, 2.45) is 72.4 Å². The van der Waals surface area contributed by atoms with Crippen LogP contribution in [0.1, 0.15) is 155 Å². The molecular weight excluding hydrogens is 533 g/mol. The molecule has 0 aliphatic heterocycles. The summed E-state index contributed by atoms with van der Waals surface area (Å²) in [6.45, 7) is 40.2. The van der Waals surface area contributed by atoms with Gasteiger partial charge in [-0.25, -0.2) is 0 Å². The third-order valence-corrected chi connectivity index (χ3v) is 17.9. The Bertz CT molecular complexity index is 956. The van der Waals surface area contributed by atoms with Crippen LogP contribution in [0.3, 0.4) is 0 Å². The second-order valence-electron chi connectivity index (χ2n) is 19.2. The summed E-state index contributed by atoms with van der Waals surface area (Å²) in [6.07, 6.45) is 11.4. The molecule has 0 bridgehead atoms. The van der Waals surface area contributed by atoms with Gasteiger partial charge in [-0.3, -0.25) is 5.92 Å². The molecule has 3 unspecified atom stereocenters. The van der Waals surface area contributed by atoms with Crippen LogP contribution in [0.4, 0.5) is 0 Å². The number of rotatable bonds is 0. The van der Waals surface area contributed by atoms with Gasteiger partial charge in [0.1, 0.15) is 0 Å². The minimum absolute atomic E-state index is 0. The van der Waals surface area contributed by atoms with Crippen molar-refractivity contribution in [1.82, 2.24) is 0 Å². The van der Waals surface area contributed by atoms with Crippen molar-refractivity contribution in [3.63, 3.8) is 0 Å². The summed E-state index contributed by atoms with van der Waals surface area (Å²) in [5, 5.41) is 0. The van der Waals surface area contributed by atoms with Crippen LogP contribution in [0.2, 0.25) is 0 Å². The summed E-state index contributed by atoms with van der Waals surface area (Å²) in [6, 6.07) is 0. The van der Waals surface area contributed by atoms with E-state index >= 15 is 0 Å². The number of hydrogen-bond donors (Lipinski definition) is 0. The largest absolute Gasteiger partial charge is 0.298 e. The maximum Gasteiger partial charge on any atom is 0 e. The van der Waals surface area contributed by atoms with E-state index in [4.69, 9.17) is 0 Å². The summed E-state index contributed by atoms with van der Waals surface area (Å²) in [4.78, 5) is 0. The van der Waals surface area contributed by atoms with E-state index in [0.29, 0.717) is 43.3 Å². The summed E-state index contributed by atoms with van der Waals surface area (Å²) in [7, 11) is 0. The van der Waals surface area contributed by atoms with Crippen molar-refractivity contribution in [3.8, 4) is 0 Å². The van der Waals surface area contributed by atoms with Crippen molar-refractivity contribution in [3.05, 3.63) is 5.92 Å². The summed E-state index contributed by atoms with van der Waals surface area (Å²) >= 11 is 0. The molecule has 0 spiro atoms. The summed E-state index contributed by atoms with van der Waals surface area (Å²) < 4.78 is 0. The molecule has 1 radical (unpaired) electrons. The molecule has 0 saturated heterocycles. The maximum atomic E-state index is 2.81. The van der Waals surface area contributed by atoms with Gasteiger partial charge in [-0.15, -0.1) is 10.8 Å². The molecule has 9 atom stereocenters. The zero-order valence-electron chi connectivity index (χ0n) is 28.5. The quantitative estimate of drug-likeness (QED) is 0.243. The van der Waals surface area contributed by atoms with E-state index in [1.165, 1.54) is 51.4 Å². The van der Waals surface area contributed by atoms with Gasteiger partial charge in [0.05, 0.1) is 0 Å². The van der Waals surface area contributed by atoms with Gasteiger partial charge in [-0.2, -0.15) is 5.92 Å². The van der Waals surface area contributed by atoms with Crippen LogP contribution in [-0.2, 0) is 32.7 Å². The zero-order chi connectivity index (χ0) is 28.0. The van der Waals surface area contributed by atoms with Gasteiger partial charge in [0.15, 0.2) is 0 Å². The molecule has 5 aliphatic rings. The predicted octanol–water partition coefficient (Wildman–Crippen LogP) is 11.4. The molecule has 0 aromatic carbocycles. The molecule has 5 saturated carbocycles. The molecule has 0 aromatic rings. The van der Waals surface area contributed by atoms with Gasteiger partial charge < -0.3 is 0 Å². The molecule has 5 rings (SSSR count). The molecule has 0 nitrogen and oxygen atoms in total.